The summed E-state index contributed by atoms with van der Waals surface area (Å²) >= 11 is 0. The smallest absolute Gasteiger partial charge is 0.394 e. The van der Waals surface area contributed by atoms with Gasteiger partial charge in [0.05, 0.1) is 12.9 Å². The number of hydrogen-bond donors (Lipinski definition) is 14. The Morgan fingerprint density at radius 3 is 1.66 bits per heavy atom. The Balaban J connectivity index is 0.000000635. The van der Waals surface area contributed by atoms with E-state index in [0.717, 1.165) is 0 Å². The van der Waals surface area contributed by atoms with E-state index in [0.29, 0.717) is 5.52 Å². The Labute approximate surface area is 193 Å². The van der Waals surface area contributed by atoms with E-state index in [1.165, 1.54) is 10.9 Å². The molecule has 1 aliphatic heterocycles. The van der Waals surface area contributed by atoms with E-state index < -0.39 is 54.6 Å². The summed E-state index contributed by atoms with van der Waals surface area (Å²) in [5, 5.41) is 28.8. The number of anilines is 2. The summed E-state index contributed by atoms with van der Waals surface area (Å²) in [6.45, 7) is -0.416. The lowest BCUT2D eigenvalue weighted by Crippen LogP contribution is -2.33. The number of aromatic nitrogens is 4. The number of aliphatic hydroxyl groups excluding tert-OH is 3. The van der Waals surface area contributed by atoms with Crippen molar-refractivity contribution < 1.29 is 77.8 Å². The Morgan fingerprint density at radius 1 is 0.857 bits per heavy atom. The zero-order chi connectivity index (χ0) is 27.9. The third-order valence-corrected chi connectivity index (χ3v) is 3.26. The molecule has 3 rings (SSSR count). The first kappa shape index (κ1) is 33.3. The molecule has 0 spiro atoms. The average molecular weight is 576 g/mol. The van der Waals surface area contributed by atoms with Crippen LogP contribution in [0.3, 0.4) is 0 Å². The van der Waals surface area contributed by atoms with Crippen LogP contribution in [-0.4, -0.2) is 104 Å². The number of phosphoric acid groups is 3. The molecule has 204 valence electrons. The van der Waals surface area contributed by atoms with Crippen LogP contribution in [0, 0.1) is 0 Å². The number of fused-ring (bicyclic) bond motifs is 1. The molecule has 4 atom stereocenters. The van der Waals surface area contributed by atoms with Crippen LogP contribution in [0.2, 0.25) is 0 Å². The fourth-order valence-electron chi connectivity index (χ4n) is 2.25. The topological polar surface area (TPSA) is 399 Å². The molecule has 2 aromatic heterocycles. The molecule has 1 fully saturated rings. The van der Waals surface area contributed by atoms with Gasteiger partial charge >= 0.3 is 23.5 Å². The van der Waals surface area contributed by atoms with E-state index in [9.17, 15) is 10.2 Å². The summed E-state index contributed by atoms with van der Waals surface area (Å²) in [7, 11) is -13.9. The molecule has 0 aromatic carbocycles. The summed E-state index contributed by atoms with van der Waals surface area (Å²) in [6.07, 6.45) is -2.92. The minimum atomic E-state index is -4.64. The molecule has 0 aliphatic carbocycles. The molecule has 35 heavy (non-hydrogen) atoms. The van der Waals surface area contributed by atoms with Gasteiger partial charge in [0, 0.05) is 0 Å². The second kappa shape index (κ2) is 13.0. The van der Waals surface area contributed by atoms with Gasteiger partial charge in [0.1, 0.15) is 23.8 Å². The van der Waals surface area contributed by atoms with E-state index in [1.54, 1.807) is 0 Å². The fourth-order valence-corrected chi connectivity index (χ4v) is 2.25. The molecule has 22 nitrogen and oxygen atoms in total. The van der Waals surface area contributed by atoms with Crippen molar-refractivity contribution in [3.05, 3.63) is 6.33 Å². The zero-order valence-corrected chi connectivity index (χ0v) is 19.6. The highest BCUT2D eigenvalue weighted by molar-refractivity contribution is 7.45. The normalized spacial score (nSPS) is 22.3. The first-order valence-electron chi connectivity index (χ1n) is 8.25. The van der Waals surface area contributed by atoms with Crippen LogP contribution < -0.4 is 11.5 Å². The van der Waals surface area contributed by atoms with Crippen LogP contribution in [0.25, 0.3) is 11.2 Å². The van der Waals surface area contributed by atoms with E-state index in [1.807, 2.05) is 0 Å². The van der Waals surface area contributed by atoms with E-state index in [2.05, 4.69) is 15.0 Å². The number of hydrogen-bond acceptors (Lipinski definition) is 12. The summed E-state index contributed by atoms with van der Waals surface area (Å²) in [6, 6.07) is 0. The van der Waals surface area contributed by atoms with Crippen molar-refractivity contribution in [1.82, 2.24) is 19.5 Å². The highest BCUT2D eigenvalue weighted by Gasteiger charge is 2.44. The second-order valence-corrected chi connectivity index (χ2v) is 9.14. The van der Waals surface area contributed by atoms with Crippen molar-refractivity contribution in [3.8, 4) is 0 Å². The SMILES string of the molecule is Nc1nc(N)c2ncn([C@@H]3O[C@H](CO)[C@@H](O)[C@H]3O)c2n1.O=P(O)(O)O.O=P(O)(O)O.O=P(O)(O)O. The Kier molecular flexibility index (Phi) is 12.4. The molecule has 16 N–H and O–H groups in total. The lowest BCUT2D eigenvalue weighted by Gasteiger charge is -2.16. The van der Waals surface area contributed by atoms with Crippen molar-refractivity contribution in [2.45, 2.75) is 24.5 Å². The second-order valence-electron chi connectivity index (χ2n) is 6.06. The van der Waals surface area contributed by atoms with Gasteiger partial charge in [-0.1, -0.05) is 0 Å². The van der Waals surface area contributed by atoms with Crippen LogP contribution in [0.5, 0.6) is 0 Å². The molecule has 1 saturated heterocycles. The lowest BCUT2D eigenvalue weighted by molar-refractivity contribution is -0.0511. The van der Waals surface area contributed by atoms with Crippen molar-refractivity contribution in [2.24, 2.45) is 0 Å². The molecule has 0 radical (unpaired) electrons. The number of nitrogens with two attached hydrogens (primary N) is 2. The molecule has 0 saturated carbocycles. The van der Waals surface area contributed by atoms with Crippen molar-refractivity contribution in [3.63, 3.8) is 0 Å². The number of aliphatic hydroxyl groups is 3. The maximum atomic E-state index is 9.99. The first-order valence-corrected chi connectivity index (χ1v) is 12.9. The number of nitrogen functional groups attached to an aromatic ring is 2. The van der Waals surface area contributed by atoms with Gasteiger partial charge in [0.2, 0.25) is 5.95 Å². The van der Waals surface area contributed by atoms with Crippen molar-refractivity contribution in [1.29, 1.82) is 0 Å². The number of nitrogens with zero attached hydrogens (tertiary/aromatic N) is 4. The van der Waals surface area contributed by atoms with Gasteiger partial charge in [0.15, 0.2) is 17.7 Å². The molecule has 25 heteroatoms. The lowest BCUT2D eigenvalue weighted by atomic mass is 10.1. The van der Waals surface area contributed by atoms with Crippen LogP contribution in [0.4, 0.5) is 11.8 Å². The Bertz CT molecular complexity index is 1020. The Hall–Kier alpha value is -1.68. The molecule has 0 amide bonds. The largest absolute Gasteiger partial charge is 0.466 e. The number of imidazole rings is 1. The van der Waals surface area contributed by atoms with Crippen LogP contribution in [-0.2, 0) is 18.4 Å². The standard InChI is InChI=1S/C10H14N6O4.3H3O4P/c11-7-4-8(15-10(12)14-7)16(2-13-4)9-6(19)5(18)3(1-17)20-9;3*1-5(2,3)4/h2-3,5-6,9,17-19H,1H2,(H4,11,12,14,15);3*(H3,1,2,3,4)/t3-,5-,6-,9-;;;/m1.../s1. The van der Waals surface area contributed by atoms with Gasteiger partial charge in [-0.15, -0.1) is 0 Å². The summed E-state index contributed by atoms with van der Waals surface area (Å²) in [5.41, 5.74) is 11.8. The molecule has 1 aliphatic rings. The summed E-state index contributed by atoms with van der Waals surface area (Å²) in [4.78, 5) is 76.5. The molecule has 2 aromatic rings. The van der Waals surface area contributed by atoms with Gasteiger partial charge < -0.3 is 75.6 Å². The van der Waals surface area contributed by atoms with E-state index in [-0.39, 0.29) is 17.4 Å². The van der Waals surface area contributed by atoms with Crippen molar-refractivity contribution in [2.75, 3.05) is 18.1 Å². The fraction of sp³-hybridized carbons (Fsp3) is 0.500. The highest BCUT2D eigenvalue weighted by atomic mass is 31.2. The maximum Gasteiger partial charge on any atom is 0.466 e. The molecular formula is C10H23N6O16P3. The van der Waals surface area contributed by atoms with Crippen LogP contribution in [0.1, 0.15) is 6.23 Å². The third-order valence-electron chi connectivity index (χ3n) is 3.26. The van der Waals surface area contributed by atoms with Crippen LogP contribution in [0.15, 0.2) is 6.33 Å². The van der Waals surface area contributed by atoms with Crippen molar-refractivity contribution >= 4 is 46.4 Å². The zero-order valence-electron chi connectivity index (χ0n) is 16.9. The Morgan fingerprint density at radius 2 is 1.29 bits per heavy atom. The van der Waals surface area contributed by atoms with Gasteiger partial charge in [-0.2, -0.15) is 9.97 Å². The van der Waals surface area contributed by atoms with Crippen LogP contribution >= 0.6 is 23.5 Å². The molecule has 3 heterocycles. The average Bonchev–Trinajstić information content (AvgIpc) is 3.12. The van der Waals surface area contributed by atoms with E-state index >= 15 is 0 Å². The molecule has 0 bridgehead atoms. The maximum absolute atomic E-state index is 9.99. The molecule has 0 unspecified atom stereocenters. The summed E-state index contributed by atoms with van der Waals surface area (Å²) < 4.78 is 33.4. The van der Waals surface area contributed by atoms with Gasteiger partial charge in [-0.05, 0) is 0 Å². The van der Waals surface area contributed by atoms with Gasteiger partial charge in [0.25, 0.3) is 0 Å². The quantitative estimate of drug-likeness (QED) is 0.148. The molecular weight excluding hydrogens is 553 g/mol. The minimum Gasteiger partial charge on any atom is -0.394 e. The predicted molar refractivity (Wildman–Crippen MR) is 110 cm³/mol. The minimum absolute atomic E-state index is 0.0384. The van der Waals surface area contributed by atoms with E-state index in [4.69, 9.17) is 79.0 Å². The number of ether oxygens (including phenoxy) is 1. The predicted octanol–water partition coefficient (Wildman–Crippen LogP) is -5.18. The third kappa shape index (κ3) is 14.5. The highest BCUT2D eigenvalue weighted by Crippen LogP contribution is 2.32. The monoisotopic (exact) mass is 576 g/mol. The number of rotatable bonds is 2. The summed E-state index contributed by atoms with van der Waals surface area (Å²) in [5.74, 6) is 0.0708. The first-order chi connectivity index (χ1) is 15.5. The van der Waals surface area contributed by atoms with Gasteiger partial charge in [-0.25, -0.2) is 18.7 Å². The van der Waals surface area contributed by atoms with Gasteiger partial charge in [-0.3, -0.25) is 4.57 Å².